The molecule has 144 valence electrons. The van der Waals surface area contributed by atoms with Gasteiger partial charge in [0.25, 0.3) is 5.91 Å². The van der Waals surface area contributed by atoms with E-state index in [0.29, 0.717) is 22.4 Å². The van der Waals surface area contributed by atoms with Gasteiger partial charge in [-0.1, -0.05) is 29.8 Å². The number of urea groups is 1. The van der Waals surface area contributed by atoms with Crippen molar-refractivity contribution in [2.75, 3.05) is 17.7 Å². The van der Waals surface area contributed by atoms with Crippen molar-refractivity contribution in [1.29, 1.82) is 0 Å². The third kappa shape index (κ3) is 5.45. The standard InChI is InChI=1S/C19H17ClN4O3S/c1-27-15-7-2-4-12(8-15)10-21-17(25)16-11-28-19(23-16)24-18(26)22-14-6-3-5-13(20)9-14/h2-9,11H,10H2,1H3,(H,21,25)(H2,22,23,24,26). The molecule has 3 N–H and O–H groups in total. The topological polar surface area (TPSA) is 92.4 Å². The first-order valence-electron chi connectivity index (χ1n) is 8.24. The van der Waals surface area contributed by atoms with Crippen molar-refractivity contribution in [2.24, 2.45) is 0 Å². The van der Waals surface area contributed by atoms with Crippen molar-refractivity contribution in [3.63, 3.8) is 0 Å². The lowest BCUT2D eigenvalue weighted by atomic mass is 10.2. The minimum absolute atomic E-state index is 0.228. The summed E-state index contributed by atoms with van der Waals surface area (Å²) in [6.07, 6.45) is 0. The Labute approximate surface area is 170 Å². The Morgan fingerprint density at radius 1 is 1.14 bits per heavy atom. The number of nitrogens with zero attached hydrogens (tertiary/aromatic N) is 1. The molecule has 9 heteroatoms. The number of aromatic nitrogens is 1. The molecule has 0 unspecified atom stereocenters. The van der Waals surface area contributed by atoms with Gasteiger partial charge in [0.2, 0.25) is 0 Å². The summed E-state index contributed by atoms with van der Waals surface area (Å²) in [5.74, 6) is 0.389. The van der Waals surface area contributed by atoms with Gasteiger partial charge in [-0.3, -0.25) is 10.1 Å². The Balaban J connectivity index is 1.54. The fourth-order valence-electron chi connectivity index (χ4n) is 2.32. The Morgan fingerprint density at radius 2 is 1.96 bits per heavy atom. The van der Waals surface area contributed by atoms with Crippen LogP contribution in [-0.4, -0.2) is 24.0 Å². The number of rotatable bonds is 6. The van der Waals surface area contributed by atoms with E-state index in [2.05, 4.69) is 20.9 Å². The number of carbonyl (C=O) groups excluding carboxylic acids is 2. The van der Waals surface area contributed by atoms with E-state index in [-0.39, 0.29) is 11.6 Å². The van der Waals surface area contributed by atoms with Crippen LogP contribution in [0, 0.1) is 0 Å². The Morgan fingerprint density at radius 3 is 2.75 bits per heavy atom. The molecule has 3 amide bonds. The average Bonchev–Trinajstić information content (AvgIpc) is 3.14. The van der Waals surface area contributed by atoms with Gasteiger partial charge in [-0.2, -0.15) is 0 Å². The highest BCUT2D eigenvalue weighted by Crippen LogP contribution is 2.18. The molecule has 0 fully saturated rings. The summed E-state index contributed by atoms with van der Waals surface area (Å²) < 4.78 is 5.16. The molecule has 1 aromatic heterocycles. The second-order valence-electron chi connectivity index (χ2n) is 5.66. The number of hydrogen-bond donors (Lipinski definition) is 3. The summed E-state index contributed by atoms with van der Waals surface area (Å²) in [6.45, 7) is 0.339. The summed E-state index contributed by atoms with van der Waals surface area (Å²) >= 11 is 7.04. The number of hydrogen-bond acceptors (Lipinski definition) is 5. The number of thiazole rings is 1. The van der Waals surface area contributed by atoms with Gasteiger partial charge in [-0.25, -0.2) is 9.78 Å². The maximum Gasteiger partial charge on any atom is 0.325 e. The Kier molecular flexibility index (Phi) is 6.46. The largest absolute Gasteiger partial charge is 0.497 e. The van der Waals surface area contributed by atoms with Crippen LogP contribution in [0.5, 0.6) is 5.75 Å². The number of ether oxygens (including phenoxy) is 1. The molecule has 3 rings (SSSR count). The van der Waals surface area contributed by atoms with Gasteiger partial charge >= 0.3 is 6.03 Å². The van der Waals surface area contributed by atoms with Gasteiger partial charge in [0, 0.05) is 22.6 Å². The second kappa shape index (κ2) is 9.20. The van der Waals surface area contributed by atoms with Gasteiger partial charge < -0.3 is 15.4 Å². The molecule has 0 bridgehead atoms. The van der Waals surface area contributed by atoms with Crippen molar-refractivity contribution in [1.82, 2.24) is 10.3 Å². The third-order valence-electron chi connectivity index (χ3n) is 3.63. The molecule has 0 radical (unpaired) electrons. The lowest BCUT2D eigenvalue weighted by molar-refractivity contribution is 0.0946. The van der Waals surface area contributed by atoms with E-state index in [9.17, 15) is 9.59 Å². The third-order valence-corrected chi connectivity index (χ3v) is 4.62. The van der Waals surface area contributed by atoms with Crippen LogP contribution in [0.2, 0.25) is 5.02 Å². The summed E-state index contributed by atoms with van der Waals surface area (Å²) in [6, 6.07) is 13.7. The van der Waals surface area contributed by atoms with E-state index in [0.717, 1.165) is 22.6 Å². The maximum absolute atomic E-state index is 12.3. The van der Waals surface area contributed by atoms with E-state index in [1.165, 1.54) is 0 Å². The highest BCUT2D eigenvalue weighted by molar-refractivity contribution is 7.14. The van der Waals surface area contributed by atoms with Gasteiger partial charge in [0.1, 0.15) is 11.4 Å². The number of methoxy groups -OCH3 is 1. The molecule has 0 aliphatic heterocycles. The van der Waals surface area contributed by atoms with E-state index in [1.54, 1.807) is 36.8 Å². The summed E-state index contributed by atoms with van der Waals surface area (Å²) in [5.41, 5.74) is 1.69. The SMILES string of the molecule is COc1cccc(CNC(=O)c2csc(NC(=O)Nc3cccc(Cl)c3)n2)c1. The average molecular weight is 417 g/mol. The monoisotopic (exact) mass is 416 g/mol. The molecule has 0 spiro atoms. The van der Waals surface area contributed by atoms with Crippen LogP contribution in [0.1, 0.15) is 16.1 Å². The number of benzene rings is 2. The molecule has 3 aromatic rings. The van der Waals surface area contributed by atoms with Crippen molar-refractivity contribution in [2.45, 2.75) is 6.54 Å². The fourth-order valence-corrected chi connectivity index (χ4v) is 3.19. The van der Waals surface area contributed by atoms with Crippen LogP contribution in [0.15, 0.2) is 53.9 Å². The Hall–Kier alpha value is -3.10. The first kappa shape index (κ1) is 19.7. The number of carbonyl (C=O) groups is 2. The molecule has 2 aromatic carbocycles. The number of anilines is 2. The predicted octanol–water partition coefficient (Wildman–Crippen LogP) is 4.38. The zero-order valence-corrected chi connectivity index (χ0v) is 16.4. The molecule has 0 saturated heterocycles. The first-order chi connectivity index (χ1) is 13.5. The quantitative estimate of drug-likeness (QED) is 0.556. The Bertz CT molecular complexity index is 993. The highest BCUT2D eigenvalue weighted by Gasteiger charge is 2.12. The number of halogens is 1. The molecular weight excluding hydrogens is 400 g/mol. The zero-order valence-electron chi connectivity index (χ0n) is 14.9. The fraction of sp³-hybridized carbons (Fsp3) is 0.105. The van der Waals surface area contributed by atoms with E-state index in [4.69, 9.17) is 16.3 Å². The van der Waals surface area contributed by atoms with E-state index < -0.39 is 6.03 Å². The molecule has 0 saturated carbocycles. The van der Waals surface area contributed by atoms with Gasteiger partial charge in [-0.15, -0.1) is 11.3 Å². The van der Waals surface area contributed by atoms with Crippen LogP contribution in [0.4, 0.5) is 15.6 Å². The normalized spacial score (nSPS) is 10.2. The highest BCUT2D eigenvalue weighted by atomic mass is 35.5. The molecule has 0 atom stereocenters. The van der Waals surface area contributed by atoms with Gasteiger partial charge in [0.05, 0.1) is 7.11 Å². The van der Waals surface area contributed by atoms with Crippen LogP contribution >= 0.6 is 22.9 Å². The van der Waals surface area contributed by atoms with E-state index >= 15 is 0 Å². The maximum atomic E-state index is 12.3. The van der Waals surface area contributed by atoms with Crippen LogP contribution in [0.3, 0.4) is 0 Å². The predicted molar refractivity (Wildman–Crippen MR) is 110 cm³/mol. The first-order valence-corrected chi connectivity index (χ1v) is 9.49. The van der Waals surface area contributed by atoms with E-state index in [1.807, 2.05) is 24.3 Å². The smallest absolute Gasteiger partial charge is 0.325 e. The lowest BCUT2D eigenvalue weighted by Gasteiger charge is -2.06. The molecule has 28 heavy (non-hydrogen) atoms. The number of amides is 3. The van der Waals surface area contributed by atoms with Gasteiger partial charge in [-0.05, 0) is 35.9 Å². The molecule has 0 aliphatic carbocycles. The van der Waals surface area contributed by atoms with Crippen molar-refractivity contribution < 1.29 is 14.3 Å². The summed E-state index contributed by atoms with van der Waals surface area (Å²) in [5, 5.41) is 10.4. The number of nitrogens with one attached hydrogen (secondary N) is 3. The van der Waals surface area contributed by atoms with Crippen LogP contribution < -0.4 is 20.7 Å². The van der Waals surface area contributed by atoms with Gasteiger partial charge in [0.15, 0.2) is 5.13 Å². The minimum atomic E-state index is -0.472. The molecule has 7 nitrogen and oxygen atoms in total. The summed E-state index contributed by atoms with van der Waals surface area (Å²) in [4.78, 5) is 28.4. The van der Waals surface area contributed by atoms with Crippen molar-refractivity contribution in [3.8, 4) is 5.75 Å². The van der Waals surface area contributed by atoms with Crippen LogP contribution in [-0.2, 0) is 6.54 Å². The van der Waals surface area contributed by atoms with Crippen molar-refractivity contribution in [3.05, 3.63) is 70.2 Å². The molecule has 0 aliphatic rings. The molecule has 1 heterocycles. The van der Waals surface area contributed by atoms with Crippen molar-refractivity contribution >= 4 is 45.7 Å². The second-order valence-corrected chi connectivity index (χ2v) is 6.96. The molecular formula is C19H17ClN4O3S. The van der Waals surface area contributed by atoms with Crippen LogP contribution in [0.25, 0.3) is 0 Å². The minimum Gasteiger partial charge on any atom is -0.497 e. The zero-order chi connectivity index (χ0) is 19.9. The lowest BCUT2D eigenvalue weighted by Crippen LogP contribution is -2.23. The summed E-state index contributed by atoms with van der Waals surface area (Å²) in [7, 11) is 1.59.